The first kappa shape index (κ1) is 15.0. The number of carbonyl (C=O) groups is 2. The van der Waals surface area contributed by atoms with Crippen LogP contribution in [0.4, 0.5) is 0 Å². The van der Waals surface area contributed by atoms with Crippen LogP contribution in [0, 0.1) is 0 Å². The average molecular weight is 268 g/mol. The number of hydrogen-bond acceptors (Lipinski definition) is 6. The molecule has 19 heavy (non-hydrogen) atoms. The molecule has 0 radical (unpaired) electrons. The van der Waals surface area contributed by atoms with E-state index < -0.39 is 12.1 Å². The van der Waals surface area contributed by atoms with Crippen molar-refractivity contribution in [3.63, 3.8) is 0 Å². The minimum absolute atomic E-state index is 0.156. The average Bonchev–Trinajstić information content (AvgIpc) is 2.44. The fourth-order valence-corrected chi connectivity index (χ4v) is 1.62. The maximum absolute atomic E-state index is 11.5. The number of aldehydes is 1. The standard InChI is InChI=1S/C13H16O6/c1-4-19-13(16)11(15)8-5-9(7-14)12(18-3)10(6-8)17-2/h5-7,11,15H,4H2,1-3H3. The Hall–Kier alpha value is -2.08. The van der Waals surface area contributed by atoms with Gasteiger partial charge in [0.15, 0.2) is 23.9 Å². The number of rotatable bonds is 6. The van der Waals surface area contributed by atoms with Gasteiger partial charge in [-0.3, -0.25) is 4.79 Å². The molecule has 1 rings (SSSR count). The highest BCUT2D eigenvalue weighted by Gasteiger charge is 2.22. The van der Waals surface area contributed by atoms with Gasteiger partial charge in [0.1, 0.15) is 0 Å². The van der Waals surface area contributed by atoms with Crippen molar-refractivity contribution in [1.82, 2.24) is 0 Å². The number of hydrogen-bond donors (Lipinski definition) is 1. The molecule has 1 aromatic carbocycles. The van der Waals surface area contributed by atoms with E-state index in [1.165, 1.54) is 26.4 Å². The molecule has 0 bridgehead atoms. The molecule has 1 unspecified atom stereocenters. The number of aliphatic hydroxyl groups is 1. The van der Waals surface area contributed by atoms with Crippen LogP contribution < -0.4 is 9.47 Å². The van der Waals surface area contributed by atoms with Gasteiger partial charge in [-0.25, -0.2) is 4.79 Å². The Kier molecular flexibility index (Phi) is 5.32. The van der Waals surface area contributed by atoms with Gasteiger partial charge >= 0.3 is 5.97 Å². The summed E-state index contributed by atoms with van der Waals surface area (Å²) >= 11 is 0. The number of esters is 1. The van der Waals surface area contributed by atoms with Crippen LogP contribution in [0.5, 0.6) is 11.5 Å². The van der Waals surface area contributed by atoms with Crippen LogP contribution in [-0.4, -0.2) is 38.2 Å². The highest BCUT2D eigenvalue weighted by atomic mass is 16.5. The Morgan fingerprint density at radius 1 is 1.37 bits per heavy atom. The molecule has 0 heterocycles. The van der Waals surface area contributed by atoms with E-state index in [0.29, 0.717) is 6.29 Å². The van der Waals surface area contributed by atoms with Crippen molar-refractivity contribution in [3.05, 3.63) is 23.3 Å². The van der Waals surface area contributed by atoms with Crippen molar-refractivity contribution in [1.29, 1.82) is 0 Å². The van der Waals surface area contributed by atoms with Crippen LogP contribution in [0.25, 0.3) is 0 Å². The second-order valence-electron chi connectivity index (χ2n) is 3.62. The molecule has 1 atom stereocenters. The van der Waals surface area contributed by atoms with E-state index in [0.717, 1.165) is 0 Å². The first-order valence-electron chi connectivity index (χ1n) is 5.64. The van der Waals surface area contributed by atoms with Crippen LogP contribution in [-0.2, 0) is 9.53 Å². The molecule has 6 heteroatoms. The second kappa shape index (κ2) is 6.75. The zero-order valence-corrected chi connectivity index (χ0v) is 11.0. The summed E-state index contributed by atoms with van der Waals surface area (Å²) in [5.74, 6) is -0.283. The Labute approximate surface area is 110 Å². The molecular formula is C13H16O6. The normalized spacial score (nSPS) is 11.6. The molecule has 0 aromatic heterocycles. The highest BCUT2D eigenvalue weighted by molar-refractivity contribution is 5.84. The summed E-state index contributed by atoms with van der Waals surface area (Å²) in [5, 5.41) is 9.84. The Balaban J connectivity index is 3.22. The zero-order valence-electron chi connectivity index (χ0n) is 11.0. The van der Waals surface area contributed by atoms with E-state index in [2.05, 4.69) is 0 Å². The first-order chi connectivity index (χ1) is 9.08. The van der Waals surface area contributed by atoms with Gasteiger partial charge in [-0.2, -0.15) is 0 Å². The fraction of sp³-hybridized carbons (Fsp3) is 0.385. The third kappa shape index (κ3) is 3.23. The van der Waals surface area contributed by atoms with Crippen LogP contribution in [0.1, 0.15) is 28.9 Å². The molecule has 0 aliphatic heterocycles. The topological polar surface area (TPSA) is 82.1 Å². The molecule has 6 nitrogen and oxygen atoms in total. The van der Waals surface area contributed by atoms with Crippen LogP contribution in [0.3, 0.4) is 0 Å². The zero-order chi connectivity index (χ0) is 14.4. The van der Waals surface area contributed by atoms with Crippen molar-refractivity contribution in [2.45, 2.75) is 13.0 Å². The van der Waals surface area contributed by atoms with Gasteiger partial charge in [0.05, 0.1) is 26.4 Å². The lowest BCUT2D eigenvalue weighted by molar-refractivity contribution is -0.153. The minimum atomic E-state index is -1.47. The number of carbonyl (C=O) groups excluding carboxylic acids is 2. The maximum Gasteiger partial charge on any atom is 0.339 e. The quantitative estimate of drug-likeness (QED) is 0.615. The number of aliphatic hydroxyl groups excluding tert-OH is 1. The maximum atomic E-state index is 11.5. The smallest absolute Gasteiger partial charge is 0.339 e. The third-order valence-corrected chi connectivity index (χ3v) is 2.48. The molecule has 0 aliphatic carbocycles. The van der Waals surface area contributed by atoms with Gasteiger partial charge in [0.25, 0.3) is 0 Å². The van der Waals surface area contributed by atoms with Crippen LogP contribution in [0.2, 0.25) is 0 Å². The van der Waals surface area contributed by atoms with Crippen LogP contribution in [0.15, 0.2) is 12.1 Å². The highest BCUT2D eigenvalue weighted by Crippen LogP contribution is 2.33. The predicted molar refractivity (Wildman–Crippen MR) is 66.5 cm³/mol. The van der Waals surface area contributed by atoms with Crippen LogP contribution >= 0.6 is 0 Å². The lowest BCUT2D eigenvalue weighted by Gasteiger charge is -2.15. The van der Waals surface area contributed by atoms with Crippen molar-refractivity contribution in [2.24, 2.45) is 0 Å². The SMILES string of the molecule is CCOC(=O)C(O)c1cc(C=O)c(OC)c(OC)c1. The number of ether oxygens (including phenoxy) is 3. The summed E-state index contributed by atoms with van der Waals surface area (Å²) in [6.07, 6.45) is -0.915. The van der Waals surface area contributed by atoms with E-state index in [-0.39, 0.29) is 29.2 Å². The first-order valence-corrected chi connectivity index (χ1v) is 5.64. The molecule has 1 aromatic rings. The number of benzene rings is 1. The molecule has 0 aliphatic rings. The molecule has 0 saturated heterocycles. The molecule has 0 amide bonds. The summed E-state index contributed by atoms with van der Waals surface area (Å²) in [4.78, 5) is 22.5. The molecular weight excluding hydrogens is 252 g/mol. The molecule has 1 N–H and O–H groups in total. The van der Waals surface area contributed by atoms with Gasteiger partial charge in [-0.05, 0) is 24.6 Å². The number of methoxy groups -OCH3 is 2. The summed E-state index contributed by atoms with van der Waals surface area (Å²) in [5.41, 5.74) is 0.387. The lowest BCUT2D eigenvalue weighted by Crippen LogP contribution is -2.16. The summed E-state index contributed by atoms with van der Waals surface area (Å²) in [6.45, 7) is 1.79. The summed E-state index contributed by atoms with van der Waals surface area (Å²) < 4.78 is 14.8. The molecule has 104 valence electrons. The summed E-state index contributed by atoms with van der Waals surface area (Å²) in [6, 6.07) is 2.78. The predicted octanol–water partition coefficient (Wildman–Crippen LogP) is 1.11. The van der Waals surface area contributed by atoms with E-state index in [9.17, 15) is 14.7 Å². The van der Waals surface area contributed by atoms with Crippen molar-refractivity contribution in [2.75, 3.05) is 20.8 Å². The van der Waals surface area contributed by atoms with Gasteiger partial charge < -0.3 is 19.3 Å². The Morgan fingerprint density at radius 2 is 2.05 bits per heavy atom. The second-order valence-corrected chi connectivity index (χ2v) is 3.62. The van der Waals surface area contributed by atoms with Crippen molar-refractivity contribution < 1.29 is 28.9 Å². The van der Waals surface area contributed by atoms with E-state index >= 15 is 0 Å². The van der Waals surface area contributed by atoms with E-state index in [4.69, 9.17) is 14.2 Å². The van der Waals surface area contributed by atoms with Crippen molar-refractivity contribution in [3.8, 4) is 11.5 Å². The Bertz CT molecular complexity index is 468. The van der Waals surface area contributed by atoms with E-state index in [1.54, 1.807) is 6.92 Å². The monoisotopic (exact) mass is 268 g/mol. The Morgan fingerprint density at radius 3 is 2.53 bits per heavy atom. The largest absolute Gasteiger partial charge is 0.493 e. The molecule has 0 saturated carbocycles. The van der Waals surface area contributed by atoms with E-state index in [1.807, 2.05) is 0 Å². The lowest BCUT2D eigenvalue weighted by atomic mass is 10.0. The van der Waals surface area contributed by atoms with Gasteiger partial charge in [0.2, 0.25) is 0 Å². The van der Waals surface area contributed by atoms with Crippen molar-refractivity contribution >= 4 is 12.3 Å². The summed E-state index contributed by atoms with van der Waals surface area (Å²) in [7, 11) is 2.79. The molecule has 0 spiro atoms. The third-order valence-electron chi connectivity index (χ3n) is 2.48. The van der Waals surface area contributed by atoms with Gasteiger partial charge in [0, 0.05) is 0 Å². The van der Waals surface area contributed by atoms with Gasteiger partial charge in [-0.15, -0.1) is 0 Å². The fourth-order valence-electron chi connectivity index (χ4n) is 1.62. The molecule has 0 fully saturated rings. The minimum Gasteiger partial charge on any atom is -0.493 e. The van der Waals surface area contributed by atoms with Gasteiger partial charge in [-0.1, -0.05) is 0 Å².